The van der Waals surface area contributed by atoms with E-state index in [1.54, 1.807) is 32.9 Å². The Morgan fingerprint density at radius 3 is 2.50 bits per heavy atom. The molecule has 0 aromatic carbocycles. The molecule has 0 saturated carbocycles. The minimum atomic E-state index is -0.551. The normalized spacial score (nSPS) is 12.9. The largest absolute Gasteiger partial charge is 0.426 e. The van der Waals surface area contributed by atoms with Gasteiger partial charge in [0.1, 0.15) is 4.60 Å². The average molecular weight is 287 g/mol. The number of carbonyl (C=O) groups is 1. The van der Waals surface area contributed by atoms with E-state index in [1.165, 1.54) is 0 Å². The van der Waals surface area contributed by atoms with Gasteiger partial charge in [-0.15, -0.1) is 0 Å². The molecule has 4 nitrogen and oxygen atoms in total. The summed E-state index contributed by atoms with van der Waals surface area (Å²) in [6, 6.07) is 3.38. The molecule has 1 aromatic heterocycles. The lowest BCUT2D eigenvalue weighted by Crippen LogP contribution is -2.26. The van der Waals surface area contributed by atoms with Crippen LogP contribution in [-0.4, -0.2) is 15.8 Å². The fourth-order valence-electron chi connectivity index (χ4n) is 0.963. The average Bonchev–Trinajstić information content (AvgIpc) is 2.17. The van der Waals surface area contributed by atoms with Gasteiger partial charge in [-0.25, -0.2) is 0 Å². The van der Waals surface area contributed by atoms with Gasteiger partial charge in [0.15, 0.2) is 5.49 Å². The third kappa shape index (κ3) is 2.72. The number of hydrogen-bond donors (Lipinski definition) is 1. The Morgan fingerprint density at radius 2 is 2.00 bits per heavy atom. The first-order valence-electron chi connectivity index (χ1n) is 4.90. The van der Waals surface area contributed by atoms with Crippen molar-refractivity contribution in [1.82, 2.24) is 4.73 Å². The maximum absolute atomic E-state index is 11.7. The zero-order valence-corrected chi connectivity index (χ0v) is 11.4. The highest BCUT2D eigenvalue weighted by molar-refractivity contribution is 9.10. The Hall–Kier alpha value is -1.10. The molecule has 16 heavy (non-hydrogen) atoms. The van der Waals surface area contributed by atoms with Crippen molar-refractivity contribution in [2.45, 2.75) is 27.7 Å². The second-order valence-electron chi connectivity index (χ2n) is 4.64. The molecule has 0 saturated heterocycles. The van der Waals surface area contributed by atoms with Crippen molar-refractivity contribution < 1.29 is 10.0 Å². The third-order valence-corrected chi connectivity index (χ3v) is 3.03. The molecule has 0 fully saturated rings. The molecule has 1 rings (SSSR count). The van der Waals surface area contributed by atoms with Crippen LogP contribution < -0.4 is 5.49 Å². The summed E-state index contributed by atoms with van der Waals surface area (Å²) in [5.41, 5.74) is 0.534. The highest BCUT2D eigenvalue weighted by Gasteiger charge is 2.20. The van der Waals surface area contributed by atoms with Crippen LogP contribution in [0.25, 0.3) is 0 Å². The highest BCUT2D eigenvalue weighted by atomic mass is 79.9. The molecule has 0 atom stereocenters. The highest BCUT2D eigenvalue weighted by Crippen LogP contribution is 2.15. The smallest absolute Gasteiger partial charge is 0.253 e. The van der Waals surface area contributed by atoms with Gasteiger partial charge < -0.3 is 5.21 Å². The van der Waals surface area contributed by atoms with Gasteiger partial charge in [0.05, 0.1) is 0 Å². The molecule has 0 bridgehead atoms. The summed E-state index contributed by atoms with van der Waals surface area (Å²) in [6.07, 6.45) is 0. The molecule has 0 aliphatic carbocycles. The Kier molecular flexibility index (Phi) is 3.57. The van der Waals surface area contributed by atoms with Crippen LogP contribution in [0.1, 0.15) is 26.3 Å². The molecule has 0 unspecified atom stereocenters. The lowest BCUT2D eigenvalue weighted by atomic mass is 9.96. The third-order valence-electron chi connectivity index (χ3n) is 2.07. The molecule has 5 heteroatoms. The zero-order chi connectivity index (χ0) is 12.5. The first-order chi connectivity index (χ1) is 7.23. The minimum absolute atomic E-state index is 0.220. The fourth-order valence-corrected chi connectivity index (χ4v) is 1.28. The van der Waals surface area contributed by atoms with Crippen molar-refractivity contribution in [2.75, 3.05) is 0 Å². The lowest BCUT2D eigenvalue weighted by molar-refractivity contribution is -0.125. The van der Waals surface area contributed by atoms with Crippen LogP contribution >= 0.6 is 15.9 Å². The molecule has 1 amide bonds. The van der Waals surface area contributed by atoms with Crippen LogP contribution in [-0.2, 0) is 4.79 Å². The summed E-state index contributed by atoms with van der Waals surface area (Å²) in [5, 5.41) is 9.72. The molecule has 0 aliphatic rings. The van der Waals surface area contributed by atoms with E-state index in [0.29, 0.717) is 4.60 Å². The molecule has 1 heterocycles. The number of hydrogen-bond acceptors (Lipinski definition) is 2. The number of halogens is 1. The van der Waals surface area contributed by atoms with E-state index in [-0.39, 0.29) is 11.4 Å². The van der Waals surface area contributed by atoms with Gasteiger partial charge in [-0.1, -0.05) is 26.8 Å². The Bertz CT molecular complexity index is 484. The van der Waals surface area contributed by atoms with Gasteiger partial charge in [0, 0.05) is 5.41 Å². The maximum Gasteiger partial charge on any atom is 0.253 e. The molecule has 88 valence electrons. The molecule has 1 N–H and O–H groups in total. The summed E-state index contributed by atoms with van der Waals surface area (Å²) < 4.78 is 1.36. The number of nitrogens with zero attached hydrogens (tertiary/aromatic N) is 2. The molecular weight excluding hydrogens is 272 g/mol. The fraction of sp³-hybridized carbons (Fsp3) is 0.455. The zero-order valence-electron chi connectivity index (χ0n) is 9.78. The van der Waals surface area contributed by atoms with Gasteiger partial charge in [0.25, 0.3) is 5.91 Å². The van der Waals surface area contributed by atoms with Crippen molar-refractivity contribution >= 4 is 21.8 Å². The SMILES string of the molecule is Cc1ccc(=NC(=O)C(C)(C)C)n(O)c1Br. The van der Waals surface area contributed by atoms with Crippen LogP contribution in [0.5, 0.6) is 0 Å². The number of pyridine rings is 1. The van der Waals surface area contributed by atoms with Crippen molar-refractivity contribution in [3.8, 4) is 0 Å². The molecule has 0 radical (unpaired) electrons. The van der Waals surface area contributed by atoms with Gasteiger partial charge >= 0.3 is 0 Å². The summed E-state index contributed by atoms with van der Waals surface area (Å²) in [6.45, 7) is 7.18. The Morgan fingerprint density at radius 1 is 1.44 bits per heavy atom. The molecule has 1 aromatic rings. The Balaban J connectivity index is 3.31. The van der Waals surface area contributed by atoms with E-state index in [9.17, 15) is 10.0 Å². The minimum Gasteiger partial charge on any atom is -0.426 e. The number of rotatable bonds is 0. The van der Waals surface area contributed by atoms with E-state index >= 15 is 0 Å². The van der Waals surface area contributed by atoms with Crippen molar-refractivity contribution in [3.63, 3.8) is 0 Å². The summed E-state index contributed by atoms with van der Waals surface area (Å²) in [4.78, 5) is 15.6. The van der Waals surface area contributed by atoms with Crippen molar-refractivity contribution in [3.05, 3.63) is 27.8 Å². The van der Waals surface area contributed by atoms with Crippen LogP contribution in [0.15, 0.2) is 21.7 Å². The number of carbonyl (C=O) groups excluding carboxylic acids is 1. The molecular formula is C11H15BrN2O2. The van der Waals surface area contributed by atoms with E-state index in [4.69, 9.17) is 0 Å². The summed E-state index contributed by atoms with van der Waals surface area (Å²) in [5.74, 6) is -0.272. The van der Waals surface area contributed by atoms with Crippen LogP contribution in [0.3, 0.4) is 0 Å². The van der Waals surface area contributed by atoms with Crippen LogP contribution in [0.4, 0.5) is 0 Å². The lowest BCUT2D eigenvalue weighted by Gasteiger charge is -2.12. The maximum atomic E-state index is 11.7. The van der Waals surface area contributed by atoms with E-state index < -0.39 is 5.41 Å². The van der Waals surface area contributed by atoms with Crippen LogP contribution in [0, 0.1) is 12.3 Å². The Labute approximate surface area is 103 Å². The standard InChI is InChI=1S/C11H15BrN2O2/c1-7-5-6-8(14(16)9(7)12)13-10(15)11(2,3)4/h5-6,16H,1-4H3. The molecule has 0 aliphatic heterocycles. The first-order valence-corrected chi connectivity index (χ1v) is 5.69. The molecule has 0 spiro atoms. The predicted octanol–water partition coefficient (Wildman–Crippen LogP) is 2.27. The topological polar surface area (TPSA) is 54.6 Å². The van der Waals surface area contributed by atoms with Gasteiger partial charge in [-0.3, -0.25) is 4.79 Å². The predicted molar refractivity (Wildman–Crippen MR) is 64.1 cm³/mol. The van der Waals surface area contributed by atoms with Gasteiger partial charge in [-0.2, -0.15) is 9.72 Å². The van der Waals surface area contributed by atoms with Crippen LogP contribution in [0.2, 0.25) is 0 Å². The summed E-state index contributed by atoms with van der Waals surface area (Å²) >= 11 is 3.21. The first kappa shape index (κ1) is 13.0. The summed E-state index contributed by atoms with van der Waals surface area (Å²) in [7, 11) is 0. The van der Waals surface area contributed by atoms with E-state index in [2.05, 4.69) is 20.9 Å². The quantitative estimate of drug-likeness (QED) is 0.588. The van der Waals surface area contributed by atoms with E-state index in [1.807, 2.05) is 6.92 Å². The number of aryl methyl sites for hydroxylation is 1. The number of amides is 1. The van der Waals surface area contributed by atoms with Crippen molar-refractivity contribution in [1.29, 1.82) is 0 Å². The second kappa shape index (κ2) is 4.41. The van der Waals surface area contributed by atoms with Gasteiger partial charge in [0.2, 0.25) is 0 Å². The van der Waals surface area contributed by atoms with E-state index in [0.717, 1.165) is 10.3 Å². The monoisotopic (exact) mass is 286 g/mol. The number of aromatic nitrogens is 1. The van der Waals surface area contributed by atoms with Gasteiger partial charge in [-0.05, 0) is 34.5 Å². The second-order valence-corrected chi connectivity index (χ2v) is 5.40. The van der Waals surface area contributed by atoms with Crippen molar-refractivity contribution in [2.24, 2.45) is 10.4 Å².